The molecule has 1 aliphatic carbocycles. The molecule has 1 aliphatic rings. The molecule has 0 aromatic carbocycles. The van der Waals surface area contributed by atoms with E-state index in [-0.39, 0.29) is 91.8 Å². The third-order valence-electron chi connectivity index (χ3n) is 18.8. The molecule has 0 heterocycles. The monoisotopic (exact) mass is 1700 g/mol. The molecular weight excluding hydrogens is 1530 g/mol. The summed E-state index contributed by atoms with van der Waals surface area (Å²) in [6, 6.07) is 7.67. The fourth-order valence-electron chi connectivity index (χ4n) is 7.78. The molecule has 1 saturated carbocycles. The number of nitrogens with zero attached hydrogens (tertiary/aromatic N) is 5. The highest BCUT2D eigenvalue weighted by molar-refractivity contribution is 5.95. The normalized spacial score (nSPS) is 14.6. The van der Waals surface area contributed by atoms with Crippen molar-refractivity contribution in [1.29, 1.82) is 21.0 Å². The van der Waals surface area contributed by atoms with Gasteiger partial charge in [-0.25, -0.2) is 25.8 Å². The lowest BCUT2D eigenvalue weighted by Crippen LogP contribution is -2.39. The van der Waals surface area contributed by atoms with Gasteiger partial charge in [-0.3, -0.25) is 14.4 Å². The van der Waals surface area contributed by atoms with Gasteiger partial charge in [-0.15, -0.1) is 0 Å². The second-order valence-corrected chi connectivity index (χ2v) is 30.7. The minimum atomic E-state index is -0.502. The third kappa shape index (κ3) is 97.4. The standard InChI is InChI=1S/C16H28O2.C10H18N2O3.C10H18O2.C9H15NO3.C9H17NO2.C9H16O3.2C9H16O2.C7H13NO.C6H11N/c1-7-15(4,5)13-8-10-16(6,11-9-13)18-14(17)12(2)3;1-3-9(2)14-7-8-15-10(13)12-6-4-5-11;1-4-8(2)5-6-10(12)9(3)7-11;1-3-8(2)12-6-7-13-9(11)4-5-10;1-3-9(2)12-8-7-11-6-4-5-10;1-4-8(3)11-6-7-12-9(10)5-2;1-5-8(4)11-6-9(10)7(2)3;1-5-8(10)11-7-9(3,4)6-2;1-3-7(2)9-6-4-5-8;1-4-6(2)5-7-3/h13H,2,7-11H2,1,3-6H3;9H,3-4,6-8H2,1-2H3,(H,12,13);8,11H,3-7H2,1-2H3;8H,3-4,6-7H2,1-2H3;9H,3-4,6-8H2,1-2H3;5,8H,2,4,6-7H2,1,3H3;8H,2,5-6H2,1,3-4H3;5H,1,6-7H2,2-4H3;7H,3-4,6H2,1-2H3;6H,4-5H2,1-2H3. The second-order valence-electron chi connectivity index (χ2n) is 30.7. The van der Waals surface area contributed by atoms with Crippen molar-refractivity contribution in [3.05, 3.63) is 73.2 Å². The van der Waals surface area contributed by atoms with Gasteiger partial charge >= 0.3 is 30.0 Å². The van der Waals surface area contributed by atoms with Crippen LogP contribution < -0.4 is 5.32 Å². The molecule has 1 rings (SSSR count). The van der Waals surface area contributed by atoms with Crippen molar-refractivity contribution in [1.82, 2.24) is 5.32 Å². The van der Waals surface area contributed by atoms with Crippen LogP contribution in [-0.2, 0) is 85.6 Å². The Balaban J connectivity index is -0.000000164. The molecule has 26 heteroatoms. The lowest BCUT2D eigenvalue weighted by atomic mass is 9.67. The number of rotatable bonds is 51. The van der Waals surface area contributed by atoms with Gasteiger partial charge in [0.25, 0.3) is 0 Å². The predicted octanol–water partition coefficient (Wildman–Crippen LogP) is 20.1. The van der Waals surface area contributed by atoms with E-state index in [9.17, 15) is 33.6 Å². The number of Topliss-reactive ketones (excluding diaryl/α,β-unsaturated/α-hetero) is 2. The first-order valence-electron chi connectivity index (χ1n) is 43.1. The Morgan fingerprint density at radius 3 is 1.32 bits per heavy atom. The van der Waals surface area contributed by atoms with Crippen molar-refractivity contribution in [3.63, 3.8) is 0 Å². The van der Waals surface area contributed by atoms with Crippen LogP contribution in [0.25, 0.3) is 4.85 Å². The van der Waals surface area contributed by atoms with Crippen molar-refractivity contribution >= 4 is 41.5 Å². The molecule has 1 fully saturated rings. The number of ether oxygens (including phenoxy) is 12. The van der Waals surface area contributed by atoms with Crippen LogP contribution in [0.2, 0.25) is 0 Å². The first-order chi connectivity index (χ1) is 56.4. The van der Waals surface area contributed by atoms with Crippen molar-refractivity contribution in [2.45, 2.75) is 344 Å². The average Bonchev–Trinajstić information content (AvgIpc) is 0.815. The van der Waals surface area contributed by atoms with Crippen LogP contribution in [0.3, 0.4) is 0 Å². The maximum absolute atomic E-state index is 11.6. The molecule has 2 N–H and O–H groups in total. The van der Waals surface area contributed by atoms with E-state index in [0.29, 0.717) is 144 Å². The summed E-state index contributed by atoms with van der Waals surface area (Å²) in [5.74, 6) is 0.440. The van der Waals surface area contributed by atoms with E-state index < -0.39 is 18.0 Å². The number of esters is 4. The van der Waals surface area contributed by atoms with Gasteiger partial charge in [0.15, 0.2) is 11.6 Å². The Kier molecular flexibility index (Phi) is 98.4. The largest absolute Gasteiger partial charge is 0.462 e. The Morgan fingerprint density at radius 1 is 0.533 bits per heavy atom. The van der Waals surface area contributed by atoms with Gasteiger partial charge in [0.2, 0.25) is 6.54 Å². The fourth-order valence-corrected chi connectivity index (χ4v) is 7.78. The number of nitrogens with one attached hydrogen (secondary N) is 1. The molecular formula is C94H168N6O20. The number of carbonyl (C=O) groups excluding carboxylic acids is 7. The highest BCUT2D eigenvalue weighted by atomic mass is 16.6. The summed E-state index contributed by atoms with van der Waals surface area (Å²) in [5, 5.41) is 43.7. The molecule has 1 amide bonds. The summed E-state index contributed by atoms with van der Waals surface area (Å²) < 4.78 is 61.4. The second kappa shape index (κ2) is 90.5. The van der Waals surface area contributed by atoms with Crippen molar-refractivity contribution in [2.75, 3.05) is 99.0 Å². The van der Waals surface area contributed by atoms with E-state index >= 15 is 0 Å². The summed E-state index contributed by atoms with van der Waals surface area (Å²) in [7, 11) is 0. The van der Waals surface area contributed by atoms with E-state index in [1.165, 1.54) is 12.5 Å². The van der Waals surface area contributed by atoms with Crippen LogP contribution in [0.1, 0.15) is 302 Å². The molecule has 0 aliphatic heterocycles. The number of carbonyl (C=O) groups is 7. The van der Waals surface area contributed by atoms with Crippen molar-refractivity contribution < 1.29 is 95.5 Å². The Labute approximate surface area is 728 Å². The topological polar surface area (TPSA) is 362 Å². The zero-order valence-corrected chi connectivity index (χ0v) is 79.6. The molecule has 0 spiro atoms. The summed E-state index contributed by atoms with van der Waals surface area (Å²) >= 11 is 0. The highest BCUT2D eigenvalue weighted by Crippen LogP contribution is 2.44. The van der Waals surface area contributed by atoms with Crippen LogP contribution in [0.4, 0.5) is 4.79 Å². The van der Waals surface area contributed by atoms with Crippen LogP contribution in [0.15, 0.2) is 61.8 Å². The predicted molar refractivity (Wildman–Crippen MR) is 479 cm³/mol. The molecule has 0 aromatic heterocycles. The summed E-state index contributed by atoms with van der Waals surface area (Å²) in [6.45, 7) is 80.7. The number of nitriles is 4. The van der Waals surface area contributed by atoms with Gasteiger partial charge in [-0.2, -0.15) is 21.0 Å². The molecule has 0 radical (unpaired) electrons. The molecule has 0 saturated heterocycles. The van der Waals surface area contributed by atoms with E-state index in [2.05, 4.69) is 133 Å². The molecule has 0 bridgehead atoms. The fraction of sp³-hybridized carbons (Fsp3) is 0.766. The number of hydrogen-bond acceptors (Lipinski definition) is 24. The Hall–Kier alpha value is -7.68. The third-order valence-corrected chi connectivity index (χ3v) is 18.8. The van der Waals surface area contributed by atoms with E-state index in [0.717, 1.165) is 102 Å². The Bertz CT molecular complexity index is 2860. The molecule has 120 heavy (non-hydrogen) atoms. The number of aliphatic hydroxyl groups is 1. The number of aliphatic hydroxyl groups excluding tert-OH is 1. The SMILES string of the molecule is C=C(C)C(=O)COC(C)CC.C=C(C)C(=O)OC1(C)CCC(C(C)(C)CC)CC1.C=C(CO)C(=O)CCC(C)CC.C=CC(=O)OCC(C)(C)CC.C=CC(=O)OCCOC(C)CC.CCC(C)OCCC#N.CCC(C)OCCOC(=O)CC#N.CCC(C)OCCOC(=O)NCCC#N.CCC(C)OCCOCCC#N.[C-]#[N+]CC(C)CC. The minimum Gasteiger partial charge on any atom is -0.462 e. The van der Waals surface area contributed by atoms with E-state index in [4.69, 9.17) is 89.6 Å². The molecule has 694 valence electrons. The van der Waals surface area contributed by atoms with Gasteiger partial charge in [0.05, 0.1) is 140 Å². The lowest BCUT2D eigenvalue weighted by molar-refractivity contribution is -0.158. The highest BCUT2D eigenvalue weighted by Gasteiger charge is 2.39. The van der Waals surface area contributed by atoms with Crippen molar-refractivity contribution in [3.8, 4) is 24.3 Å². The summed E-state index contributed by atoms with van der Waals surface area (Å²) in [6.07, 6.45) is 20.2. The van der Waals surface area contributed by atoms with Crippen LogP contribution in [-0.4, -0.2) is 188 Å². The van der Waals surface area contributed by atoms with E-state index in [1.54, 1.807) is 19.9 Å². The van der Waals surface area contributed by atoms with Gasteiger partial charge in [0, 0.05) is 42.2 Å². The maximum atomic E-state index is 11.6. The van der Waals surface area contributed by atoms with Gasteiger partial charge < -0.3 is 72.1 Å². The Morgan fingerprint density at radius 2 is 0.950 bits per heavy atom. The first kappa shape index (κ1) is 130. The quantitative estimate of drug-likeness (QED) is 0.0188. The molecule has 26 nitrogen and oxygen atoms in total. The lowest BCUT2D eigenvalue weighted by Gasteiger charge is -2.43. The number of ketones is 2. The smallest absolute Gasteiger partial charge is 0.407 e. The van der Waals surface area contributed by atoms with Crippen molar-refractivity contribution in [2.24, 2.45) is 28.6 Å². The maximum Gasteiger partial charge on any atom is 0.407 e. The van der Waals surface area contributed by atoms with Gasteiger partial charge in [-0.1, -0.05) is 157 Å². The summed E-state index contributed by atoms with van der Waals surface area (Å²) in [4.78, 5) is 79.7. The van der Waals surface area contributed by atoms with Gasteiger partial charge in [-0.05, 0) is 174 Å². The van der Waals surface area contributed by atoms with Crippen LogP contribution in [0.5, 0.6) is 0 Å². The van der Waals surface area contributed by atoms with E-state index in [1.807, 2.05) is 87.4 Å². The molecule has 0 aromatic rings. The first-order valence-corrected chi connectivity index (χ1v) is 43.1. The zero-order chi connectivity index (χ0) is 94.4. The molecule has 8 unspecified atom stereocenters. The van der Waals surface area contributed by atoms with Crippen LogP contribution >= 0.6 is 0 Å². The zero-order valence-electron chi connectivity index (χ0n) is 79.6. The number of alkyl carbamates (subject to hydrolysis) is 1. The summed E-state index contributed by atoms with van der Waals surface area (Å²) in [5.41, 5.74) is 1.59. The number of amides is 1. The average molecular weight is 1700 g/mol. The van der Waals surface area contributed by atoms with Crippen LogP contribution in [0, 0.1) is 80.5 Å². The number of hydrogen-bond donors (Lipinski definition) is 2. The van der Waals surface area contributed by atoms with Gasteiger partial charge in [0.1, 0.15) is 38.4 Å². The minimum absolute atomic E-state index is 0.00204. The molecule has 8 atom stereocenters.